The predicted octanol–water partition coefficient (Wildman–Crippen LogP) is 0.605. The van der Waals surface area contributed by atoms with Crippen LogP contribution in [0.3, 0.4) is 0 Å². The summed E-state index contributed by atoms with van der Waals surface area (Å²) in [5.41, 5.74) is 0.0235. The number of carbonyl (C=O) groups is 5. The molecule has 1 aromatic rings. The van der Waals surface area contributed by atoms with Gasteiger partial charge < -0.3 is 14.8 Å². The van der Waals surface area contributed by atoms with Crippen molar-refractivity contribution in [3.8, 4) is 0 Å². The average Bonchev–Trinajstić information content (AvgIpc) is 2.85. The van der Waals surface area contributed by atoms with Crippen LogP contribution < -0.4 is 10.6 Å². The van der Waals surface area contributed by atoms with Crippen molar-refractivity contribution in [1.29, 1.82) is 0 Å². The number of fused-ring (bicyclic) bond motifs is 1. The normalized spacial score (nSPS) is 12.6. The van der Waals surface area contributed by atoms with E-state index in [0.29, 0.717) is 4.90 Å². The Labute approximate surface area is 169 Å². The molecule has 0 saturated heterocycles. The highest BCUT2D eigenvalue weighted by atomic mass is 35.5. The quantitative estimate of drug-likeness (QED) is 0.367. The summed E-state index contributed by atoms with van der Waals surface area (Å²) in [6, 6.07) is 1.69. The van der Waals surface area contributed by atoms with Crippen LogP contribution in [0, 0.1) is 0 Å². The summed E-state index contributed by atoms with van der Waals surface area (Å²) in [5.74, 6) is -3.37. The lowest BCUT2D eigenvalue weighted by Gasteiger charge is -2.13. The predicted molar refractivity (Wildman–Crippen MR) is 96.2 cm³/mol. The Hall–Kier alpha value is -2.69. The summed E-state index contributed by atoms with van der Waals surface area (Å²) < 4.78 is 9.40. The number of carbonyl (C=O) groups excluding carboxylic acids is 5. The summed E-state index contributed by atoms with van der Waals surface area (Å²) in [4.78, 5) is 60.0. The van der Waals surface area contributed by atoms with E-state index < -0.39 is 42.9 Å². The number of hydrogen-bond donors (Lipinski definition) is 2. The minimum absolute atomic E-state index is 0.0117. The highest BCUT2D eigenvalue weighted by Gasteiger charge is 2.37. The molecule has 0 saturated carbocycles. The Bertz CT molecular complexity index is 803. The lowest BCUT2D eigenvalue weighted by Crippen LogP contribution is -2.43. The molecule has 0 aliphatic carbocycles. The van der Waals surface area contributed by atoms with Gasteiger partial charge in [-0.3, -0.25) is 29.4 Å². The van der Waals surface area contributed by atoms with Crippen molar-refractivity contribution in [2.45, 2.75) is 0 Å². The standard InChI is InChI=1S/C16H15Cl2N3O7/c1-27-3-2-19-16(26)20-12(22)7-28-13(23)6-21-14(24)8-4-10(17)11(18)5-9(8)15(21)25/h4-5H,2-3,6-7H2,1H3,(H2,19,20,22,26). The molecule has 1 aliphatic rings. The Balaban J connectivity index is 1.85. The van der Waals surface area contributed by atoms with Gasteiger partial charge in [-0.2, -0.15) is 0 Å². The molecule has 0 bridgehead atoms. The number of nitrogens with one attached hydrogen (secondary N) is 2. The Morgan fingerprint density at radius 2 is 1.64 bits per heavy atom. The van der Waals surface area contributed by atoms with Crippen molar-refractivity contribution in [1.82, 2.24) is 15.5 Å². The lowest BCUT2D eigenvalue weighted by molar-refractivity contribution is -0.148. The van der Waals surface area contributed by atoms with Gasteiger partial charge in [0.25, 0.3) is 17.7 Å². The van der Waals surface area contributed by atoms with Crippen LogP contribution in [0.15, 0.2) is 12.1 Å². The number of amides is 5. The molecule has 10 nitrogen and oxygen atoms in total. The first-order valence-corrected chi connectivity index (χ1v) is 8.57. The van der Waals surface area contributed by atoms with E-state index in [0.717, 1.165) is 0 Å². The van der Waals surface area contributed by atoms with E-state index in [9.17, 15) is 24.0 Å². The van der Waals surface area contributed by atoms with Gasteiger partial charge in [-0.15, -0.1) is 0 Å². The molecule has 28 heavy (non-hydrogen) atoms. The van der Waals surface area contributed by atoms with Gasteiger partial charge in [-0.05, 0) is 12.1 Å². The SMILES string of the molecule is COCCNC(=O)NC(=O)COC(=O)CN1C(=O)c2cc(Cl)c(Cl)cc2C1=O. The maximum Gasteiger partial charge on any atom is 0.326 e. The molecule has 0 fully saturated rings. The van der Waals surface area contributed by atoms with Crippen molar-refractivity contribution >= 4 is 52.9 Å². The van der Waals surface area contributed by atoms with Crippen molar-refractivity contribution in [2.24, 2.45) is 0 Å². The average molecular weight is 432 g/mol. The van der Waals surface area contributed by atoms with Crippen LogP contribution in [0.25, 0.3) is 0 Å². The number of nitrogens with zero attached hydrogens (tertiary/aromatic N) is 1. The van der Waals surface area contributed by atoms with E-state index >= 15 is 0 Å². The fourth-order valence-electron chi connectivity index (χ4n) is 2.22. The third-order valence-corrected chi connectivity index (χ3v) is 4.23. The number of rotatable bonds is 7. The van der Waals surface area contributed by atoms with Gasteiger partial charge in [0.2, 0.25) is 0 Å². The zero-order valence-corrected chi connectivity index (χ0v) is 16.1. The highest BCUT2D eigenvalue weighted by molar-refractivity contribution is 6.43. The van der Waals surface area contributed by atoms with Gasteiger partial charge in [0, 0.05) is 13.7 Å². The van der Waals surface area contributed by atoms with E-state index in [-0.39, 0.29) is 34.3 Å². The van der Waals surface area contributed by atoms with Gasteiger partial charge in [0.15, 0.2) is 6.61 Å². The van der Waals surface area contributed by atoms with E-state index in [1.54, 1.807) is 0 Å². The zero-order chi connectivity index (χ0) is 20.8. The molecule has 0 unspecified atom stereocenters. The molecule has 1 aromatic carbocycles. The second kappa shape index (κ2) is 9.49. The molecule has 1 aliphatic heterocycles. The number of urea groups is 1. The molecule has 5 amide bonds. The summed E-state index contributed by atoms with van der Waals surface area (Å²) in [6.07, 6.45) is 0. The van der Waals surface area contributed by atoms with Crippen LogP contribution in [0.4, 0.5) is 4.79 Å². The van der Waals surface area contributed by atoms with Crippen LogP contribution >= 0.6 is 23.2 Å². The maximum atomic E-state index is 12.3. The second-order valence-electron chi connectivity index (χ2n) is 5.47. The summed E-state index contributed by atoms with van der Waals surface area (Å²) in [6.45, 7) is -1.04. The summed E-state index contributed by atoms with van der Waals surface area (Å²) >= 11 is 11.7. The molecule has 12 heteroatoms. The molecule has 0 spiro atoms. The fourth-order valence-corrected chi connectivity index (χ4v) is 2.55. The van der Waals surface area contributed by atoms with Crippen LogP contribution in [0.1, 0.15) is 20.7 Å². The van der Waals surface area contributed by atoms with Gasteiger partial charge in [0.1, 0.15) is 6.54 Å². The Kier molecular flexibility index (Phi) is 7.32. The number of halogens is 2. The molecular formula is C16H15Cl2N3O7. The first kappa shape index (κ1) is 21.6. The fraction of sp³-hybridized carbons (Fsp3) is 0.312. The topological polar surface area (TPSA) is 131 Å². The molecule has 0 radical (unpaired) electrons. The van der Waals surface area contributed by atoms with Crippen molar-refractivity contribution in [2.75, 3.05) is 33.4 Å². The number of hydrogen-bond acceptors (Lipinski definition) is 7. The Morgan fingerprint density at radius 3 is 2.18 bits per heavy atom. The van der Waals surface area contributed by atoms with Crippen LogP contribution in [-0.4, -0.2) is 68.0 Å². The van der Waals surface area contributed by atoms with Gasteiger partial charge in [-0.25, -0.2) is 4.79 Å². The Morgan fingerprint density at radius 1 is 1.07 bits per heavy atom. The molecular weight excluding hydrogens is 417 g/mol. The largest absolute Gasteiger partial charge is 0.454 e. The third-order valence-electron chi connectivity index (χ3n) is 3.51. The molecule has 150 valence electrons. The van der Waals surface area contributed by atoms with Crippen LogP contribution in [0.2, 0.25) is 10.0 Å². The van der Waals surface area contributed by atoms with E-state index in [1.807, 2.05) is 5.32 Å². The van der Waals surface area contributed by atoms with Gasteiger partial charge in [0.05, 0.1) is 27.8 Å². The number of methoxy groups -OCH3 is 1. The number of ether oxygens (including phenoxy) is 2. The summed E-state index contributed by atoms with van der Waals surface area (Å²) in [5, 5.41) is 4.45. The first-order chi connectivity index (χ1) is 13.2. The molecule has 0 atom stereocenters. The van der Waals surface area contributed by atoms with Gasteiger partial charge >= 0.3 is 12.0 Å². The molecule has 2 N–H and O–H groups in total. The van der Waals surface area contributed by atoms with E-state index in [2.05, 4.69) is 10.1 Å². The van der Waals surface area contributed by atoms with Crippen molar-refractivity contribution in [3.63, 3.8) is 0 Å². The van der Waals surface area contributed by atoms with E-state index in [4.69, 9.17) is 27.9 Å². The van der Waals surface area contributed by atoms with Crippen LogP contribution in [0.5, 0.6) is 0 Å². The number of esters is 1. The number of imide groups is 2. The molecule has 1 heterocycles. The monoisotopic (exact) mass is 431 g/mol. The minimum Gasteiger partial charge on any atom is -0.454 e. The maximum absolute atomic E-state index is 12.3. The second-order valence-corrected chi connectivity index (χ2v) is 6.28. The smallest absolute Gasteiger partial charge is 0.326 e. The van der Waals surface area contributed by atoms with Crippen LogP contribution in [-0.2, 0) is 19.1 Å². The third kappa shape index (κ3) is 5.18. The zero-order valence-electron chi connectivity index (χ0n) is 14.5. The molecule has 0 aromatic heterocycles. The first-order valence-electron chi connectivity index (χ1n) is 7.82. The van der Waals surface area contributed by atoms with Crippen molar-refractivity contribution in [3.05, 3.63) is 33.3 Å². The highest BCUT2D eigenvalue weighted by Crippen LogP contribution is 2.31. The lowest BCUT2D eigenvalue weighted by atomic mass is 10.1. The number of benzene rings is 1. The van der Waals surface area contributed by atoms with Gasteiger partial charge in [-0.1, -0.05) is 23.2 Å². The summed E-state index contributed by atoms with van der Waals surface area (Å²) in [7, 11) is 1.45. The minimum atomic E-state index is -1.01. The van der Waals surface area contributed by atoms with E-state index in [1.165, 1.54) is 19.2 Å². The van der Waals surface area contributed by atoms with Crippen molar-refractivity contribution < 1.29 is 33.4 Å². The molecule has 2 rings (SSSR count).